The second-order valence-corrected chi connectivity index (χ2v) is 13.7. The largest absolute Gasteiger partial charge is 0.481 e. The zero-order chi connectivity index (χ0) is 34.8. The quantitative estimate of drug-likeness (QED) is 0.0435. The van der Waals surface area contributed by atoms with Crippen molar-refractivity contribution in [3.8, 4) is 0 Å². The molecule has 0 amide bonds. The Morgan fingerprint density at radius 1 is 1.09 bits per heavy atom. The van der Waals surface area contributed by atoms with E-state index in [2.05, 4.69) is 0 Å². The molecule has 0 aromatic carbocycles. The van der Waals surface area contributed by atoms with Crippen LogP contribution < -0.4 is 5.73 Å². The fourth-order valence-electron chi connectivity index (χ4n) is 5.94. The van der Waals surface area contributed by atoms with E-state index in [1.54, 1.807) is 6.08 Å². The van der Waals surface area contributed by atoms with Crippen molar-refractivity contribution in [3.05, 3.63) is 71.4 Å². The number of carboxylic acid groups (broad SMARTS) is 1. The molecule has 2 aliphatic carbocycles. The smallest absolute Gasteiger partial charge is 0.306 e. The SMILES string of the molecule is CC/C=C/C(OCN)C(O)CCC(=O)CC(C)C(C)/C(Cl)=C/C=C/C=C(C)/C=C/C=C/COC1CC(C(=O)O)CCC(O)(C2CC2)C1. The van der Waals surface area contributed by atoms with Gasteiger partial charge in [-0.1, -0.05) is 92.6 Å². The van der Waals surface area contributed by atoms with Crippen molar-refractivity contribution >= 4 is 23.4 Å². The number of carbonyl (C=O) groups is 2. The molecule has 0 heterocycles. The summed E-state index contributed by atoms with van der Waals surface area (Å²) >= 11 is 6.56. The summed E-state index contributed by atoms with van der Waals surface area (Å²) in [6, 6.07) is 0. The number of aliphatic carboxylic acids is 1. The molecule has 2 rings (SSSR count). The van der Waals surface area contributed by atoms with E-state index < -0.39 is 29.7 Å². The van der Waals surface area contributed by atoms with E-state index in [0.29, 0.717) is 50.2 Å². The zero-order valence-corrected chi connectivity index (χ0v) is 29.5. The molecule has 0 aromatic rings. The molecule has 0 aliphatic heterocycles. The van der Waals surface area contributed by atoms with Crippen LogP contribution in [0.1, 0.15) is 91.9 Å². The molecule has 2 fully saturated rings. The van der Waals surface area contributed by atoms with E-state index in [-0.39, 0.29) is 42.8 Å². The molecule has 2 aliphatic rings. The fraction of sp³-hybridized carbons (Fsp3) is 0.632. The summed E-state index contributed by atoms with van der Waals surface area (Å²) in [6.45, 7) is 8.37. The highest BCUT2D eigenvalue weighted by atomic mass is 35.5. The summed E-state index contributed by atoms with van der Waals surface area (Å²) in [5.41, 5.74) is 5.71. The van der Waals surface area contributed by atoms with E-state index in [0.717, 1.165) is 24.8 Å². The maximum atomic E-state index is 12.6. The second-order valence-electron chi connectivity index (χ2n) is 13.2. The highest BCUT2D eigenvalue weighted by Crippen LogP contribution is 2.47. The first kappa shape index (κ1) is 40.8. The number of ether oxygens (including phenoxy) is 2. The minimum Gasteiger partial charge on any atom is -0.481 e. The number of halogens is 1. The van der Waals surface area contributed by atoms with Crippen LogP contribution in [0.25, 0.3) is 0 Å². The molecule has 264 valence electrons. The molecule has 7 atom stereocenters. The van der Waals surface area contributed by atoms with Gasteiger partial charge in [0.25, 0.3) is 0 Å². The first-order valence-corrected chi connectivity index (χ1v) is 17.6. The predicted molar refractivity (Wildman–Crippen MR) is 189 cm³/mol. The summed E-state index contributed by atoms with van der Waals surface area (Å²) < 4.78 is 11.4. The first-order valence-electron chi connectivity index (χ1n) is 17.2. The van der Waals surface area contributed by atoms with Gasteiger partial charge in [-0.15, -0.1) is 0 Å². The summed E-state index contributed by atoms with van der Waals surface area (Å²) in [5, 5.41) is 31.7. The minimum atomic E-state index is -0.810. The lowest BCUT2D eigenvalue weighted by Crippen LogP contribution is -2.35. The van der Waals surface area contributed by atoms with Crippen molar-refractivity contribution in [2.75, 3.05) is 13.3 Å². The molecular weight excluding hydrogens is 618 g/mol. The number of allylic oxidation sites excluding steroid dienone is 10. The Morgan fingerprint density at radius 3 is 2.47 bits per heavy atom. The van der Waals surface area contributed by atoms with Gasteiger partial charge in [-0.25, -0.2) is 0 Å². The second kappa shape index (κ2) is 21.6. The molecule has 0 bridgehead atoms. The van der Waals surface area contributed by atoms with Crippen molar-refractivity contribution in [1.29, 1.82) is 0 Å². The van der Waals surface area contributed by atoms with E-state index in [1.807, 2.05) is 82.4 Å². The standard InChI is InChI=1S/C38H58ClNO7/c1-5-6-15-36(47-26-40)35(42)19-18-32(41)23-28(3)29(4)34(39)14-10-9-13-27(2)12-8-7-11-22-46-33-24-30(37(43)44)20-21-38(45,25-33)31-16-17-31/h6-15,28-31,33,35-36,42,45H,5,16-26,40H2,1-4H3,(H,43,44)/b10-9+,11-7+,12-8+,15-6+,27-13+,34-14-. The number of carbonyl (C=O) groups excluding carboxylic acids is 1. The van der Waals surface area contributed by atoms with Gasteiger partial charge in [0.2, 0.25) is 0 Å². The molecule has 0 spiro atoms. The number of nitrogens with two attached hydrogens (primary N) is 1. The molecule has 9 heteroatoms. The Morgan fingerprint density at radius 2 is 1.81 bits per heavy atom. The van der Waals surface area contributed by atoms with Crippen LogP contribution in [0.4, 0.5) is 0 Å². The molecule has 5 N–H and O–H groups in total. The lowest BCUT2D eigenvalue weighted by atomic mass is 9.88. The van der Waals surface area contributed by atoms with Crippen molar-refractivity contribution in [3.63, 3.8) is 0 Å². The van der Waals surface area contributed by atoms with Crippen molar-refractivity contribution in [2.45, 2.75) is 116 Å². The maximum absolute atomic E-state index is 12.6. The summed E-state index contributed by atoms with van der Waals surface area (Å²) in [4.78, 5) is 24.2. The molecule has 0 saturated heterocycles. The van der Waals surface area contributed by atoms with Gasteiger partial charge in [0.05, 0.1) is 37.1 Å². The lowest BCUT2D eigenvalue weighted by Gasteiger charge is -2.29. The molecule has 7 unspecified atom stereocenters. The highest BCUT2D eigenvalue weighted by molar-refractivity contribution is 6.30. The zero-order valence-electron chi connectivity index (χ0n) is 28.7. The van der Waals surface area contributed by atoms with Gasteiger partial charge in [0.1, 0.15) is 11.9 Å². The lowest BCUT2D eigenvalue weighted by molar-refractivity contribution is -0.143. The van der Waals surface area contributed by atoms with Crippen LogP contribution in [-0.2, 0) is 19.1 Å². The van der Waals surface area contributed by atoms with Gasteiger partial charge < -0.3 is 30.5 Å². The molecule has 8 nitrogen and oxygen atoms in total. The molecule has 2 saturated carbocycles. The highest BCUT2D eigenvalue weighted by Gasteiger charge is 2.47. The van der Waals surface area contributed by atoms with E-state index in [1.165, 1.54) is 0 Å². The van der Waals surface area contributed by atoms with Crippen molar-refractivity contribution in [2.24, 2.45) is 29.4 Å². The number of carboxylic acids is 1. The third kappa shape index (κ3) is 15.6. The van der Waals surface area contributed by atoms with Gasteiger partial charge in [0.15, 0.2) is 0 Å². The van der Waals surface area contributed by atoms with Gasteiger partial charge in [-0.2, -0.15) is 0 Å². The number of ketones is 1. The molecule has 0 radical (unpaired) electrons. The Labute approximate surface area is 287 Å². The van der Waals surface area contributed by atoms with Crippen LogP contribution in [0.15, 0.2) is 71.4 Å². The normalized spacial score (nSPS) is 25.9. The summed E-state index contributed by atoms with van der Waals surface area (Å²) in [7, 11) is 0. The van der Waals surface area contributed by atoms with Gasteiger partial charge in [0, 0.05) is 24.3 Å². The summed E-state index contributed by atoms with van der Waals surface area (Å²) in [5.74, 6) is -0.871. The average Bonchev–Trinajstić information content (AvgIpc) is 3.90. The molecular formula is C38H58ClNO7. The Balaban J connectivity index is 1.76. The summed E-state index contributed by atoms with van der Waals surface area (Å²) in [6.07, 6.45) is 23.2. The fourth-order valence-corrected chi connectivity index (χ4v) is 6.22. The molecule has 0 aromatic heterocycles. The van der Waals surface area contributed by atoms with Crippen LogP contribution in [0.5, 0.6) is 0 Å². The predicted octanol–water partition coefficient (Wildman–Crippen LogP) is 7.17. The minimum absolute atomic E-state index is 0.00355. The van der Waals surface area contributed by atoms with E-state index in [9.17, 15) is 24.9 Å². The maximum Gasteiger partial charge on any atom is 0.306 e. The monoisotopic (exact) mass is 675 g/mol. The van der Waals surface area contributed by atoms with Gasteiger partial charge >= 0.3 is 5.97 Å². The van der Waals surface area contributed by atoms with Gasteiger partial charge in [-0.3, -0.25) is 9.59 Å². The first-order chi connectivity index (χ1) is 22.4. The van der Waals surface area contributed by atoms with Crippen LogP contribution in [-0.4, -0.2) is 64.3 Å². The van der Waals surface area contributed by atoms with Crippen molar-refractivity contribution in [1.82, 2.24) is 0 Å². The Bertz CT molecular complexity index is 1150. The van der Waals surface area contributed by atoms with E-state index >= 15 is 0 Å². The molecule has 47 heavy (non-hydrogen) atoms. The van der Waals surface area contributed by atoms with Crippen molar-refractivity contribution < 1.29 is 34.4 Å². The average molecular weight is 676 g/mol. The number of Topliss-reactive ketones (excluding diaryl/α,β-unsaturated/α-hetero) is 1. The number of rotatable bonds is 21. The van der Waals surface area contributed by atoms with Crippen LogP contribution in [0.3, 0.4) is 0 Å². The third-order valence-electron chi connectivity index (χ3n) is 9.29. The van der Waals surface area contributed by atoms with E-state index in [4.69, 9.17) is 26.8 Å². The van der Waals surface area contributed by atoms with Crippen LogP contribution in [0.2, 0.25) is 0 Å². The number of hydrogen-bond donors (Lipinski definition) is 4. The third-order valence-corrected chi connectivity index (χ3v) is 9.76. The van der Waals surface area contributed by atoms with Crippen LogP contribution in [0, 0.1) is 23.7 Å². The Kier molecular flexibility index (Phi) is 18.8. The topological polar surface area (TPSA) is 139 Å². The van der Waals surface area contributed by atoms with Crippen LogP contribution >= 0.6 is 11.6 Å². The Hall–Kier alpha value is -2.33. The number of hydrogen-bond acceptors (Lipinski definition) is 7. The number of aliphatic hydroxyl groups is 2. The number of aliphatic hydroxyl groups excluding tert-OH is 1. The van der Waals surface area contributed by atoms with Gasteiger partial charge in [-0.05, 0) is 75.7 Å².